The number of carbonyl (C=O) groups excluding carboxylic acids is 1. The van der Waals surface area contributed by atoms with E-state index in [2.05, 4.69) is 16.9 Å². The molecule has 1 amide bonds. The number of thioether (sulfide) groups is 1. The predicted molar refractivity (Wildman–Crippen MR) is 127 cm³/mol. The number of rotatable bonds is 6. The van der Waals surface area contributed by atoms with Crippen LogP contribution in [0.3, 0.4) is 0 Å². The van der Waals surface area contributed by atoms with E-state index in [1.54, 1.807) is 53.6 Å². The van der Waals surface area contributed by atoms with Crippen LogP contribution >= 0.6 is 11.8 Å². The van der Waals surface area contributed by atoms with Crippen LogP contribution in [0.2, 0.25) is 0 Å². The van der Waals surface area contributed by atoms with Crippen molar-refractivity contribution in [3.8, 4) is 5.69 Å². The van der Waals surface area contributed by atoms with E-state index in [1.165, 1.54) is 0 Å². The number of benzene rings is 3. The molecular weight excluding hydrogens is 406 g/mol. The van der Waals surface area contributed by atoms with Crippen LogP contribution < -0.4 is 10.9 Å². The van der Waals surface area contributed by atoms with Crippen LogP contribution in [0.15, 0.2) is 95.1 Å². The summed E-state index contributed by atoms with van der Waals surface area (Å²) in [5, 5.41) is 3.53. The van der Waals surface area contributed by atoms with E-state index in [0.717, 1.165) is 16.3 Å². The summed E-state index contributed by atoms with van der Waals surface area (Å²) in [4.78, 5) is 31.3. The number of hydrogen-bond donors (Lipinski definition) is 1. The molecule has 0 atom stereocenters. The van der Waals surface area contributed by atoms with Crippen molar-refractivity contribution in [3.63, 3.8) is 0 Å². The molecule has 4 rings (SSSR count). The molecule has 0 aliphatic heterocycles. The molecule has 0 spiro atoms. The average Bonchev–Trinajstić information content (AvgIpc) is 2.79. The van der Waals surface area contributed by atoms with Crippen molar-refractivity contribution < 1.29 is 4.79 Å². The highest BCUT2D eigenvalue weighted by molar-refractivity contribution is 7.99. The van der Waals surface area contributed by atoms with Gasteiger partial charge in [0.15, 0.2) is 0 Å². The fourth-order valence-corrected chi connectivity index (χ4v) is 4.10. The number of nitrogens with zero attached hydrogens (tertiary/aromatic N) is 2. The number of amides is 1. The van der Waals surface area contributed by atoms with Crippen molar-refractivity contribution in [2.45, 2.75) is 11.8 Å². The van der Waals surface area contributed by atoms with Crippen molar-refractivity contribution in [2.75, 3.05) is 11.1 Å². The minimum atomic E-state index is -0.209. The second-order valence-corrected chi connectivity index (χ2v) is 7.98. The maximum absolute atomic E-state index is 13.0. The number of nitrogens with one attached hydrogen (secondary N) is 1. The molecule has 0 radical (unpaired) electrons. The molecule has 31 heavy (non-hydrogen) atoms. The third kappa shape index (κ3) is 4.29. The average molecular weight is 428 g/mol. The summed E-state index contributed by atoms with van der Waals surface area (Å²) in [5.41, 5.74) is 2.47. The number of para-hydroxylation sites is 2. The van der Waals surface area contributed by atoms with Crippen molar-refractivity contribution in [1.82, 2.24) is 9.55 Å². The van der Waals surface area contributed by atoms with Gasteiger partial charge in [-0.15, -0.1) is 18.3 Å². The molecule has 6 heteroatoms. The zero-order valence-corrected chi connectivity index (χ0v) is 17.9. The van der Waals surface area contributed by atoms with Crippen LogP contribution in [0.1, 0.15) is 16.2 Å². The lowest BCUT2D eigenvalue weighted by atomic mass is 10.1. The minimum absolute atomic E-state index is 0.131. The van der Waals surface area contributed by atoms with Gasteiger partial charge in [0.1, 0.15) is 5.82 Å². The highest BCUT2D eigenvalue weighted by Crippen LogP contribution is 2.27. The van der Waals surface area contributed by atoms with Crippen LogP contribution in [-0.4, -0.2) is 21.2 Å². The van der Waals surface area contributed by atoms with Gasteiger partial charge in [0, 0.05) is 16.2 Å². The third-order valence-corrected chi connectivity index (χ3v) is 5.89. The topological polar surface area (TPSA) is 64.0 Å². The third-order valence-electron chi connectivity index (χ3n) is 4.82. The van der Waals surface area contributed by atoms with E-state index in [1.807, 2.05) is 48.5 Å². The minimum Gasteiger partial charge on any atom is -0.321 e. The van der Waals surface area contributed by atoms with E-state index in [9.17, 15) is 9.59 Å². The number of anilines is 1. The molecule has 0 bridgehead atoms. The Kier molecular flexibility index (Phi) is 6.00. The van der Waals surface area contributed by atoms with Gasteiger partial charge in [0.05, 0.1) is 22.3 Å². The van der Waals surface area contributed by atoms with E-state index in [0.29, 0.717) is 28.0 Å². The Morgan fingerprint density at radius 3 is 2.55 bits per heavy atom. The van der Waals surface area contributed by atoms with Crippen molar-refractivity contribution >= 4 is 34.3 Å². The van der Waals surface area contributed by atoms with Crippen LogP contribution in [0.4, 0.5) is 5.69 Å². The molecule has 0 aliphatic rings. The predicted octanol–water partition coefficient (Wildman–Crippen LogP) is 5.22. The van der Waals surface area contributed by atoms with Crippen LogP contribution in [-0.2, 0) is 0 Å². The van der Waals surface area contributed by atoms with Gasteiger partial charge >= 0.3 is 0 Å². The molecule has 1 N–H and O–H groups in total. The molecule has 1 heterocycles. The normalized spacial score (nSPS) is 10.7. The summed E-state index contributed by atoms with van der Waals surface area (Å²) in [6.07, 6.45) is 1.83. The Morgan fingerprint density at radius 2 is 1.77 bits per heavy atom. The first-order valence-electron chi connectivity index (χ1n) is 9.81. The first kappa shape index (κ1) is 20.6. The molecule has 0 aliphatic carbocycles. The Labute approximate surface area is 184 Å². The monoisotopic (exact) mass is 427 g/mol. The Balaban J connectivity index is 1.61. The maximum Gasteiger partial charge on any atom is 0.265 e. The first-order chi connectivity index (χ1) is 15.1. The van der Waals surface area contributed by atoms with Gasteiger partial charge in [-0.05, 0) is 55.5 Å². The fourth-order valence-electron chi connectivity index (χ4n) is 3.35. The van der Waals surface area contributed by atoms with Gasteiger partial charge in [-0.3, -0.25) is 14.2 Å². The molecule has 3 aromatic carbocycles. The Bertz CT molecular complexity index is 1330. The summed E-state index contributed by atoms with van der Waals surface area (Å²) < 4.78 is 1.56. The second kappa shape index (κ2) is 9.02. The van der Waals surface area contributed by atoms with Gasteiger partial charge in [-0.25, -0.2) is 4.98 Å². The summed E-state index contributed by atoms with van der Waals surface area (Å²) in [6.45, 7) is 5.54. The van der Waals surface area contributed by atoms with E-state index in [-0.39, 0.29) is 11.5 Å². The highest BCUT2D eigenvalue weighted by atomic mass is 32.2. The van der Waals surface area contributed by atoms with E-state index in [4.69, 9.17) is 0 Å². The molecule has 5 nitrogen and oxygen atoms in total. The van der Waals surface area contributed by atoms with E-state index >= 15 is 0 Å². The summed E-state index contributed by atoms with van der Waals surface area (Å²) in [6, 6.07) is 21.9. The maximum atomic E-state index is 13.0. The van der Waals surface area contributed by atoms with Crippen LogP contribution in [0.5, 0.6) is 0 Å². The molecule has 0 saturated carbocycles. The zero-order valence-electron chi connectivity index (χ0n) is 17.0. The summed E-state index contributed by atoms with van der Waals surface area (Å²) in [7, 11) is 0. The van der Waals surface area contributed by atoms with Crippen molar-refractivity contribution in [1.29, 1.82) is 0 Å². The summed E-state index contributed by atoms with van der Waals surface area (Å²) >= 11 is 1.61. The molecule has 0 fully saturated rings. The van der Waals surface area contributed by atoms with Gasteiger partial charge in [-0.1, -0.05) is 30.3 Å². The summed E-state index contributed by atoms with van der Waals surface area (Å²) in [5.74, 6) is 1.14. The van der Waals surface area contributed by atoms with Gasteiger partial charge in [-0.2, -0.15) is 0 Å². The molecule has 0 unspecified atom stereocenters. The Hall–Kier alpha value is -3.64. The van der Waals surface area contributed by atoms with Gasteiger partial charge in [0.2, 0.25) is 0 Å². The first-order valence-corrected chi connectivity index (χ1v) is 10.8. The largest absolute Gasteiger partial charge is 0.321 e. The number of carbonyl (C=O) groups is 1. The lowest BCUT2D eigenvalue weighted by molar-refractivity contribution is 0.102. The lowest BCUT2D eigenvalue weighted by Gasteiger charge is -2.12. The quantitative estimate of drug-likeness (QED) is 0.338. The molecule has 154 valence electrons. The zero-order chi connectivity index (χ0) is 21.8. The second-order valence-electron chi connectivity index (χ2n) is 6.91. The van der Waals surface area contributed by atoms with Gasteiger partial charge in [0.25, 0.3) is 11.5 Å². The number of aryl methyl sites for hydroxylation is 1. The number of aromatic nitrogens is 2. The standard InChI is InChI=1S/C25H21N3O2S/c1-3-16-31-23-11-7-6-10-22(23)27-24(29)18-12-14-19(15-13-18)28-17(2)26-21-9-5-4-8-20(21)25(28)30/h3-15H,1,16H2,2H3,(H,27,29). The van der Waals surface area contributed by atoms with Crippen molar-refractivity contribution in [3.05, 3.63) is 107 Å². The molecule has 1 aromatic heterocycles. The van der Waals surface area contributed by atoms with Crippen LogP contribution in [0.25, 0.3) is 16.6 Å². The SMILES string of the molecule is C=CCSc1ccccc1NC(=O)c1ccc(-n2c(C)nc3ccccc3c2=O)cc1. The molecule has 4 aromatic rings. The van der Waals surface area contributed by atoms with Crippen LogP contribution in [0, 0.1) is 6.92 Å². The van der Waals surface area contributed by atoms with E-state index < -0.39 is 0 Å². The molecule has 0 saturated heterocycles. The van der Waals surface area contributed by atoms with Gasteiger partial charge < -0.3 is 5.32 Å². The van der Waals surface area contributed by atoms with Crippen molar-refractivity contribution in [2.24, 2.45) is 0 Å². The highest BCUT2D eigenvalue weighted by Gasteiger charge is 2.12. The molecular formula is C25H21N3O2S. The number of fused-ring (bicyclic) bond motifs is 1. The number of hydrogen-bond acceptors (Lipinski definition) is 4. The Morgan fingerprint density at radius 1 is 1.06 bits per heavy atom. The smallest absolute Gasteiger partial charge is 0.265 e. The fraction of sp³-hybridized carbons (Fsp3) is 0.0800. The lowest BCUT2D eigenvalue weighted by Crippen LogP contribution is -2.22.